The average molecular weight is 407 g/mol. The molecule has 129 valence electrons. The second-order valence-electron chi connectivity index (χ2n) is 1.65. The van der Waals surface area contributed by atoms with Gasteiger partial charge in [-0.2, -0.15) is 33.7 Å². The Labute approximate surface area is 128 Å². The molecule has 0 amide bonds. The minimum Gasteiger partial charge on any atom is -0.260 e. The van der Waals surface area contributed by atoms with E-state index in [-0.39, 0.29) is 18.9 Å². The summed E-state index contributed by atoms with van der Waals surface area (Å²) in [5, 5.41) is 0. The van der Waals surface area contributed by atoms with Crippen LogP contribution in [0.25, 0.3) is 0 Å². The molecule has 21 heteroatoms. The zero-order chi connectivity index (χ0) is 18.0. The zero-order valence-electron chi connectivity index (χ0n) is 9.20. The van der Waals surface area contributed by atoms with Crippen molar-refractivity contribution in [2.45, 2.75) is 0 Å². The zero-order valence-corrected chi connectivity index (χ0v) is 12.5. The largest absolute Gasteiger partial charge is 0.435 e. The van der Waals surface area contributed by atoms with Crippen LogP contribution in [0.5, 0.6) is 0 Å². The molecule has 0 fully saturated rings. The van der Waals surface area contributed by atoms with Crippen LogP contribution in [0.2, 0.25) is 0 Å². The molecule has 12 nitrogen and oxygen atoms in total. The number of hydrogen-bond acceptors (Lipinski definition) is 8. The van der Waals surface area contributed by atoms with E-state index in [9.17, 15) is 15.5 Å². The molecule has 0 aromatic carbocycles. The first-order chi connectivity index (χ1) is 8.00. The van der Waals surface area contributed by atoms with Crippen molar-refractivity contribution >= 4 is 60.9 Å². The fraction of sp³-hybridized carbons (Fsp3) is 0. The van der Waals surface area contributed by atoms with Crippen LogP contribution in [0, 0.1) is 0 Å². The molecule has 0 unspecified atom stereocenters. The Morgan fingerprint density at radius 2 is 0.429 bits per heavy atom. The Morgan fingerprint density at radius 1 is 0.429 bits per heavy atom. The van der Waals surface area contributed by atoms with Gasteiger partial charge in [-0.15, -0.1) is 0 Å². The fourth-order valence-corrected chi connectivity index (χ4v) is 0. The second kappa shape index (κ2) is 12.5. The molecule has 0 aliphatic carbocycles. The molecule has 0 atom stereocenters. The van der Waals surface area contributed by atoms with Crippen molar-refractivity contribution in [1.29, 1.82) is 0 Å². The van der Waals surface area contributed by atoms with Gasteiger partial charge in [-0.3, -0.25) is 18.2 Å². The van der Waals surface area contributed by atoms with E-state index in [0.29, 0.717) is 0 Å². The van der Waals surface area contributed by atoms with Crippen molar-refractivity contribution in [3.8, 4) is 0 Å². The van der Waals surface area contributed by atoms with Crippen LogP contribution in [-0.2, 0) is 42.0 Å². The van der Waals surface area contributed by atoms with E-state index in [1.165, 1.54) is 0 Å². The van der Waals surface area contributed by atoms with Gasteiger partial charge in [-0.1, -0.05) is 15.5 Å². The average Bonchev–Trinajstić information content (AvgIpc) is 1.62. The molecule has 21 heavy (non-hydrogen) atoms. The van der Waals surface area contributed by atoms with Crippen LogP contribution < -0.4 is 0 Å². The van der Waals surface area contributed by atoms with Crippen LogP contribution in [0.3, 0.4) is 0 Å². The number of rotatable bonds is 0. The first-order valence-electron chi connectivity index (χ1n) is 2.68. The molecule has 1 radical (unpaired) electrons. The Bertz CT molecular complexity index is 486. The number of halogens is 4. The summed E-state index contributed by atoms with van der Waals surface area (Å²) < 4.78 is 136. The topological polar surface area (TPSA) is 217 Å². The summed E-state index contributed by atoms with van der Waals surface area (Å²) in [6, 6.07) is 0. The van der Waals surface area contributed by atoms with Crippen LogP contribution in [0.4, 0.5) is 15.5 Å². The SMILES string of the molecule is O=S(=O)(O)F.O=S(=O)(O)F.O=S(=O)(O)F.O=S(=O)(O)F.[Li]. The van der Waals surface area contributed by atoms with Crippen LogP contribution in [-0.4, -0.2) is 70.7 Å². The van der Waals surface area contributed by atoms with Gasteiger partial charge >= 0.3 is 42.0 Å². The Hall–Kier alpha value is -0.0426. The number of hydrogen-bond donors (Lipinski definition) is 4. The molecule has 0 saturated carbocycles. The molecule has 0 spiro atoms. The van der Waals surface area contributed by atoms with Crippen molar-refractivity contribution in [1.82, 2.24) is 0 Å². The smallest absolute Gasteiger partial charge is 0.260 e. The Balaban J connectivity index is -0.0000000533. The standard InChI is InChI=1S/4FHO3S.Li/c4*1-5(2,3)4;/h4*(H,2,3,4);. The van der Waals surface area contributed by atoms with Gasteiger partial charge in [0, 0.05) is 18.9 Å². The maximum absolute atomic E-state index is 10.2. The van der Waals surface area contributed by atoms with Crippen molar-refractivity contribution in [3.63, 3.8) is 0 Å². The molecule has 0 aromatic heterocycles. The van der Waals surface area contributed by atoms with Gasteiger partial charge in [0.05, 0.1) is 0 Å². The van der Waals surface area contributed by atoms with E-state index in [2.05, 4.69) is 0 Å². The van der Waals surface area contributed by atoms with Crippen LogP contribution >= 0.6 is 0 Å². The van der Waals surface area contributed by atoms with Crippen LogP contribution in [0.1, 0.15) is 0 Å². The van der Waals surface area contributed by atoms with Gasteiger partial charge in [-0.05, 0) is 0 Å². The molecule has 0 saturated heterocycles. The fourth-order valence-electron chi connectivity index (χ4n) is 0. The molecule has 0 heterocycles. The Morgan fingerprint density at radius 3 is 0.429 bits per heavy atom. The van der Waals surface area contributed by atoms with Crippen LogP contribution in [0.15, 0.2) is 0 Å². The van der Waals surface area contributed by atoms with Gasteiger partial charge in [0.2, 0.25) is 0 Å². The Kier molecular flexibility index (Phi) is 19.5. The van der Waals surface area contributed by atoms with Gasteiger partial charge in [0.15, 0.2) is 0 Å². The summed E-state index contributed by atoms with van der Waals surface area (Å²) in [4.78, 5) is 0. The first kappa shape index (κ1) is 32.8. The van der Waals surface area contributed by atoms with Crippen molar-refractivity contribution in [2.75, 3.05) is 0 Å². The van der Waals surface area contributed by atoms with E-state index in [1.54, 1.807) is 0 Å². The molecular formula is H4F4LiO12S4. The minimum atomic E-state index is -5.17. The molecular weight excluding hydrogens is 403 g/mol. The second-order valence-corrected chi connectivity index (χ2v) is 4.95. The van der Waals surface area contributed by atoms with E-state index in [4.69, 9.17) is 51.9 Å². The summed E-state index contributed by atoms with van der Waals surface area (Å²) in [5.74, 6) is 0. The van der Waals surface area contributed by atoms with E-state index in [1.807, 2.05) is 0 Å². The third kappa shape index (κ3) is 3550000. The predicted molar refractivity (Wildman–Crippen MR) is 56.4 cm³/mol. The summed E-state index contributed by atoms with van der Waals surface area (Å²) >= 11 is 0. The molecule has 0 bridgehead atoms. The van der Waals surface area contributed by atoms with Crippen molar-refractivity contribution in [2.24, 2.45) is 0 Å². The molecule has 0 aliphatic rings. The van der Waals surface area contributed by atoms with Gasteiger partial charge in [0.1, 0.15) is 0 Å². The summed E-state index contributed by atoms with van der Waals surface area (Å²) in [5.41, 5.74) is 0. The third-order valence-electron chi connectivity index (χ3n) is 0. The quantitative estimate of drug-likeness (QED) is 0.159. The van der Waals surface area contributed by atoms with E-state index < -0.39 is 42.0 Å². The minimum absolute atomic E-state index is 0. The monoisotopic (exact) mass is 407 g/mol. The van der Waals surface area contributed by atoms with Gasteiger partial charge in [-0.25, -0.2) is 0 Å². The van der Waals surface area contributed by atoms with E-state index in [0.717, 1.165) is 0 Å². The summed E-state index contributed by atoms with van der Waals surface area (Å²) in [6.07, 6.45) is 0. The van der Waals surface area contributed by atoms with Gasteiger partial charge < -0.3 is 0 Å². The van der Waals surface area contributed by atoms with Gasteiger partial charge in [0.25, 0.3) is 0 Å². The normalized spacial score (nSPS) is 11.0. The molecule has 0 aromatic rings. The maximum Gasteiger partial charge on any atom is 0.435 e. The van der Waals surface area contributed by atoms with E-state index >= 15 is 0 Å². The third-order valence-corrected chi connectivity index (χ3v) is 0. The van der Waals surface area contributed by atoms with Crippen molar-refractivity contribution in [3.05, 3.63) is 0 Å². The predicted octanol–water partition coefficient (Wildman–Crippen LogP) is -1.35. The maximum atomic E-state index is 10.2. The molecule has 0 rings (SSSR count). The summed E-state index contributed by atoms with van der Waals surface area (Å²) in [6.45, 7) is 0. The summed E-state index contributed by atoms with van der Waals surface area (Å²) in [7, 11) is -20.7. The molecule has 0 aliphatic heterocycles. The van der Waals surface area contributed by atoms with Crippen molar-refractivity contribution < 1.29 is 67.4 Å². The molecule has 4 N–H and O–H groups in total. The first-order valence-corrected chi connectivity index (χ1v) is 8.04.